The molecule has 2 aromatic rings. The van der Waals surface area contributed by atoms with Crippen molar-refractivity contribution in [3.63, 3.8) is 0 Å². The first-order valence-corrected chi connectivity index (χ1v) is 10.4. The summed E-state index contributed by atoms with van der Waals surface area (Å²) in [5.41, 5.74) is 5.57. The number of nitrogens with one attached hydrogen (secondary N) is 2. The number of amides is 1. The average Bonchev–Trinajstić information content (AvgIpc) is 3.18. The van der Waals surface area contributed by atoms with Crippen molar-refractivity contribution in [3.8, 4) is 0 Å². The fraction of sp³-hybridized carbons (Fsp3) is 0.211. The van der Waals surface area contributed by atoms with Gasteiger partial charge in [-0.3, -0.25) is 14.5 Å². The molecule has 0 saturated carbocycles. The molecule has 0 atom stereocenters. The SMILES string of the molecule is Nc1cc(F)ccc1C(=O)OCC(=O)Nc1cccc(S(=O)(=O)NC2=NCCC2)c1. The van der Waals surface area contributed by atoms with E-state index in [1.807, 2.05) is 0 Å². The predicted octanol–water partition coefficient (Wildman–Crippen LogP) is 1.67. The third kappa shape index (κ3) is 5.32. The molecule has 1 heterocycles. The highest BCUT2D eigenvalue weighted by atomic mass is 32.2. The van der Waals surface area contributed by atoms with Gasteiger partial charge in [-0.15, -0.1) is 0 Å². The molecule has 2 aromatic carbocycles. The standard InChI is InChI=1S/C19H19FN4O5S/c20-12-6-7-15(16(21)9-12)19(26)29-11-18(25)23-13-3-1-4-14(10-13)30(27,28)24-17-5-2-8-22-17/h1,3-4,6-7,9-10H,2,5,8,11,21H2,(H,22,24)(H,23,25). The number of carbonyl (C=O) groups excluding carboxylic acids is 2. The molecule has 0 aliphatic carbocycles. The van der Waals surface area contributed by atoms with Crippen molar-refractivity contribution in [2.45, 2.75) is 17.7 Å². The summed E-state index contributed by atoms with van der Waals surface area (Å²) in [4.78, 5) is 28.1. The van der Waals surface area contributed by atoms with Crippen LogP contribution in [0.5, 0.6) is 0 Å². The second kappa shape index (κ2) is 8.91. The number of amidine groups is 1. The molecule has 0 bridgehead atoms. The van der Waals surface area contributed by atoms with Crippen molar-refractivity contribution in [2.24, 2.45) is 4.99 Å². The molecule has 30 heavy (non-hydrogen) atoms. The van der Waals surface area contributed by atoms with E-state index in [-0.39, 0.29) is 21.8 Å². The monoisotopic (exact) mass is 434 g/mol. The van der Waals surface area contributed by atoms with E-state index in [9.17, 15) is 22.4 Å². The van der Waals surface area contributed by atoms with Crippen LogP contribution in [0.1, 0.15) is 23.2 Å². The van der Waals surface area contributed by atoms with E-state index in [0.29, 0.717) is 18.8 Å². The van der Waals surface area contributed by atoms with Crippen molar-refractivity contribution in [3.05, 3.63) is 53.8 Å². The van der Waals surface area contributed by atoms with Crippen molar-refractivity contribution >= 4 is 39.1 Å². The second-order valence-corrected chi connectivity index (χ2v) is 8.10. The Morgan fingerprint density at radius 1 is 1.20 bits per heavy atom. The number of nitrogen functional groups attached to an aromatic ring is 1. The number of esters is 1. The molecule has 0 radical (unpaired) electrons. The zero-order valence-corrected chi connectivity index (χ0v) is 16.5. The third-order valence-electron chi connectivity index (χ3n) is 4.12. The van der Waals surface area contributed by atoms with Gasteiger partial charge in [0.15, 0.2) is 6.61 Å². The summed E-state index contributed by atoms with van der Waals surface area (Å²) in [7, 11) is -3.83. The maximum absolute atomic E-state index is 13.0. The second-order valence-electron chi connectivity index (χ2n) is 6.42. The van der Waals surface area contributed by atoms with Crippen LogP contribution in [0.2, 0.25) is 0 Å². The Morgan fingerprint density at radius 2 is 2.00 bits per heavy atom. The Bertz CT molecular complexity index is 1120. The number of sulfonamides is 1. The van der Waals surface area contributed by atoms with Gasteiger partial charge in [0, 0.05) is 24.3 Å². The quantitative estimate of drug-likeness (QED) is 0.467. The summed E-state index contributed by atoms with van der Waals surface area (Å²) in [6.45, 7) is -0.0576. The van der Waals surface area contributed by atoms with E-state index >= 15 is 0 Å². The lowest BCUT2D eigenvalue weighted by atomic mass is 10.2. The van der Waals surface area contributed by atoms with Crippen LogP contribution in [0.4, 0.5) is 15.8 Å². The van der Waals surface area contributed by atoms with Gasteiger partial charge in [-0.1, -0.05) is 6.07 Å². The van der Waals surface area contributed by atoms with E-state index in [1.165, 1.54) is 24.3 Å². The number of anilines is 2. The van der Waals surface area contributed by atoms with E-state index in [0.717, 1.165) is 24.6 Å². The lowest BCUT2D eigenvalue weighted by molar-refractivity contribution is -0.119. The highest BCUT2D eigenvalue weighted by Crippen LogP contribution is 2.17. The fourth-order valence-electron chi connectivity index (χ4n) is 2.70. The average molecular weight is 434 g/mol. The maximum atomic E-state index is 13.0. The number of benzene rings is 2. The number of nitrogens with two attached hydrogens (primary N) is 1. The Balaban J connectivity index is 1.60. The summed E-state index contributed by atoms with van der Waals surface area (Å²) in [6, 6.07) is 8.77. The van der Waals surface area contributed by atoms with E-state index < -0.39 is 34.3 Å². The molecule has 11 heteroatoms. The van der Waals surface area contributed by atoms with E-state index in [2.05, 4.69) is 15.0 Å². The zero-order chi connectivity index (χ0) is 21.7. The van der Waals surface area contributed by atoms with E-state index in [4.69, 9.17) is 10.5 Å². The van der Waals surface area contributed by atoms with Gasteiger partial charge >= 0.3 is 5.97 Å². The number of halogens is 1. The highest BCUT2D eigenvalue weighted by molar-refractivity contribution is 7.90. The summed E-state index contributed by atoms with van der Waals surface area (Å²) in [5.74, 6) is -1.78. The topological polar surface area (TPSA) is 140 Å². The zero-order valence-electron chi connectivity index (χ0n) is 15.7. The van der Waals surface area contributed by atoms with Crippen LogP contribution in [-0.4, -0.2) is 39.3 Å². The Hall–Kier alpha value is -3.47. The molecular weight excluding hydrogens is 415 g/mol. The number of carbonyl (C=O) groups is 2. The van der Waals surface area contributed by atoms with Crippen molar-refractivity contribution in [1.82, 2.24) is 4.72 Å². The van der Waals surface area contributed by atoms with Gasteiger partial charge in [-0.05, 0) is 42.8 Å². The number of ether oxygens (including phenoxy) is 1. The van der Waals surface area contributed by atoms with Crippen LogP contribution in [0.3, 0.4) is 0 Å². The van der Waals surface area contributed by atoms with Crippen molar-refractivity contribution in [2.75, 3.05) is 24.2 Å². The molecule has 0 unspecified atom stereocenters. The lowest BCUT2D eigenvalue weighted by Gasteiger charge is -2.10. The molecule has 1 aliphatic heterocycles. The van der Waals surface area contributed by atoms with Crippen molar-refractivity contribution < 1.29 is 27.1 Å². The smallest absolute Gasteiger partial charge is 0.340 e. The van der Waals surface area contributed by atoms with Crippen LogP contribution < -0.4 is 15.8 Å². The van der Waals surface area contributed by atoms with Crippen LogP contribution in [0.25, 0.3) is 0 Å². The van der Waals surface area contributed by atoms with Gasteiger partial charge in [0.1, 0.15) is 11.7 Å². The lowest BCUT2D eigenvalue weighted by Crippen LogP contribution is -2.29. The molecule has 158 valence electrons. The van der Waals surface area contributed by atoms with Crippen LogP contribution in [0, 0.1) is 5.82 Å². The van der Waals surface area contributed by atoms with Gasteiger partial charge in [0.25, 0.3) is 15.9 Å². The molecule has 4 N–H and O–H groups in total. The Labute approximate surface area is 172 Å². The van der Waals surface area contributed by atoms with Gasteiger partial charge in [0.05, 0.1) is 10.5 Å². The van der Waals surface area contributed by atoms with Crippen molar-refractivity contribution in [1.29, 1.82) is 0 Å². The summed E-state index contributed by atoms with van der Waals surface area (Å²) >= 11 is 0. The first-order valence-electron chi connectivity index (χ1n) is 8.93. The number of nitrogens with zero attached hydrogens (tertiary/aromatic N) is 1. The Kier molecular flexibility index (Phi) is 6.31. The molecule has 0 saturated heterocycles. The number of rotatable bonds is 6. The van der Waals surface area contributed by atoms with E-state index in [1.54, 1.807) is 0 Å². The van der Waals surface area contributed by atoms with Gasteiger partial charge in [-0.25, -0.2) is 17.6 Å². The minimum absolute atomic E-state index is 0.0500. The minimum Gasteiger partial charge on any atom is -0.452 e. The summed E-state index contributed by atoms with van der Waals surface area (Å²) in [5, 5.41) is 2.45. The normalized spacial score (nSPS) is 13.4. The molecule has 0 spiro atoms. The largest absolute Gasteiger partial charge is 0.452 e. The minimum atomic E-state index is -3.83. The molecule has 9 nitrogen and oxygen atoms in total. The third-order valence-corrected chi connectivity index (χ3v) is 5.50. The molecule has 1 amide bonds. The van der Waals surface area contributed by atoms with Gasteiger partial charge in [-0.2, -0.15) is 0 Å². The molecule has 1 aliphatic rings. The fourth-order valence-corrected chi connectivity index (χ4v) is 3.84. The molecule has 0 fully saturated rings. The molecular formula is C19H19FN4O5S. The summed E-state index contributed by atoms with van der Waals surface area (Å²) in [6.07, 6.45) is 1.34. The highest BCUT2D eigenvalue weighted by Gasteiger charge is 2.19. The van der Waals surface area contributed by atoms with Gasteiger partial charge in [0.2, 0.25) is 0 Å². The molecule has 3 rings (SSSR count). The summed E-state index contributed by atoms with van der Waals surface area (Å²) < 4.78 is 45.2. The maximum Gasteiger partial charge on any atom is 0.340 e. The van der Waals surface area contributed by atoms with Crippen LogP contribution in [0.15, 0.2) is 52.4 Å². The number of aliphatic imine (C=N–C) groups is 1. The molecule has 0 aromatic heterocycles. The van der Waals surface area contributed by atoms with Crippen LogP contribution >= 0.6 is 0 Å². The Morgan fingerprint density at radius 3 is 2.70 bits per heavy atom. The van der Waals surface area contributed by atoms with Gasteiger partial charge < -0.3 is 15.8 Å². The first-order chi connectivity index (χ1) is 14.2. The number of hydrogen-bond acceptors (Lipinski definition) is 7. The first kappa shape index (κ1) is 21.2. The number of hydrogen-bond donors (Lipinski definition) is 3. The predicted molar refractivity (Wildman–Crippen MR) is 108 cm³/mol. The van der Waals surface area contributed by atoms with Crippen LogP contribution in [-0.2, 0) is 19.6 Å².